The van der Waals surface area contributed by atoms with Crippen LogP contribution in [0, 0.1) is 5.92 Å². The average Bonchev–Trinajstić information content (AvgIpc) is 2.24. The average molecular weight is 229 g/mol. The summed E-state index contributed by atoms with van der Waals surface area (Å²) in [6.07, 6.45) is 4.38. The number of nitrogens with zero attached hydrogens (tertiary/aromatic N) is 1. The maximum atomic E-state index is 9.90. The van der Waals surface area contributed by atoms with Gasteiger partial charge < -0.3 is 9.84 Å². The van der Waals surface area contributed by atoms with Gasteiger partial charge in [0.15, 0.2) is 0 Å². The van der Waals surface area contributed by atoms with Crippen LogP contribution in [0.25, 0.3) is 0 Å². The summed E-state index contributed by atoms with van der Waals surface area (Å²) in [7, 11) is 2.10. The Kier molecular flexibility index (Phi) is 6.32. The molecule has 3 heteroatoms. The molecule has 1 N–H and O–H groups in total. The van der Waals surface area contributed by atoms with Crippen LogP contribution in [0.5, 0.6) is 0 Å². The molecule has 2 atom stereocenters. The monoisotopic (exact) mass is 229 g/mol. The van der Waals surface area contributed by atoms with E-state index in [9.17, 15) is 5.11 Å². The molecule has 1 aliphatic rings. The van der Waals surface area contributed by atoms with Gasteiger partial charge in [-0.3, -0.25) is 4.90 Å². The molecule has 96 valence electrons. The fourth-order valence-corrected chi connectivity index (χ4v) is 2.30. The summed E-state index contributed by atoms with van der Waals surface area (Å²) in [4.78, 5) is 2.25. The van der Waals surface area contributed by atoms with E-state index in [2.05, 4.69) is 25.8 Å². The van der Waals surface area contributed by atoms with Crippen LogP contribution in [0.1, 0.15) is 39.5 Å². The number of ether oxygens (including phenoxy) is 1. The molecule has 0 heterocycles. The van der Waals surface area contributed by atoms with E-state index >= 15 is 0 Å². The summed E-state index contributed by atoms with van der Waals surface area (Å²) in [5.74, 6) is 0.602. The van der Waals surface area contributed by atoms with E-state index in [1.165, 1.54) is 12.8 Å². The Hall–Kier alpha value is -0.120. The van der Waals surface area contributed by atoms with Crippen molar-refractivity contribution in [3.63, 3.8) is 0 Å². The third kappa shape index (κ3) is 4.81. The van der Waals surface area contributed by atoms with Gasteiger partial charge in [-0.15, -0.1) is 0 Å². The summed E-state index contributed by atoms with van der Waals surface area (Å²) in [6, 6.07) is 0.344. The predicted molar refractivity (Wildman–Crippen MR) is 66.5 cm³/mol. The van der Waals surface area contributed by atoms with E-state index in [4.69, 9.17) is 4.74 Å². The first-order valence-corrected chi connectivity index (χ1v) is 6.57. The standard InChI is InChI=1S/C13H27NO2/c1-11(2)10-16-9-8-14(3)12-6-4-5-7-13(12)15/h11-13,15H,4-10H2,1-3H3. The second kappa shape index (κ2) is 7.25. The number of aliphatic hydroxyl groups excluding tert-OH is 1. The van der Waals surface area contributed by atoms with Crippen molar-refractivity contribution in [1.29, 1.82) is 0 Å². The quantitative estimate of drug-likeness (QED) is 0.706. The van der Waals surface area contributed by atoms with Crippen molar-refractivity contribution in [2.75, 3.05) is 26.8 Å². The first-order valence-electron chi connectivity index (χ1n) is 6.57. The molecule has 2 unspecified atom stereocenters. The minimum Gasteiger partial charge on any atom is -0.391 e. The van der Waals surface area contributed by atoms with E-state index in [0.29, 0.717) is 12.0 Å². The molecule has 0 radical (unpaired) electrons. The highest BCUT2D eigenvalue weighted by molar-refractivity contribution is 4.81. The summed E-state index contributed by atoms with van der Waals surface area (Å²) in [6.45, 7) is 6.86. The number of rotatable bonds is 6. The van der Waals surface area contributed by atoms with Gasteiger partial charge in [-0.1, -0.05) is 26.7 Å². The molecule has 0 aromatic rings. The van der Waals surface area contributed by atoms with Crippen molar-refractivity contribution in [3.05, 3.63) is 0 Å². The molecule has 0 saturated heterocycles. The Morgan fingerprint density at radius 1 is 1.31 bits per heavy atom. The lowest BCUT2D eigenvalue weighted by atomic mass is 9.92. The number of aliphatic hydroxyl groups is 1. The lowest BCUT2D eigenvalue weighted by Gasteiger charge is -2.35. The van der Waals surface area contributed by atoms with E-state index < -0.39 is 0 Å². The van der Waals surface area contributed by atoms with E-state index in [1.807, 2.05) is 0 Å². The van der Waals surface area contributed by atoms with Crippen molar-refractivity contribution in [1.82, 2.24) is 4.90 Å². The maximum absolute atomic E-state index is 9.90. The summed E-state index contributed by atoms with van der Waals surface area (Å²) < 4.78 is 5.57. The Balaban J connectivity index is 2.15. The molecule has 1 aliphatic carbocycles. The topological polar surface area (TPSA) is 32.7 Å². The van der Waals surface area contributed by atoms with E-state index in [-0.39, 0.29) is 6.10 Å². The Labute approximate surface area is 99.8 Å². The summed E-state index contributed by atoms with van der Waals surface area (Å²) >= 11 is 0. The molecule has 0 bridgehead atoms. The molecular weight excluding hydrogens is 202 g/mol. The predicted octanol–water partition coefficient (Wildman–Crippen LogP) is 1.89. The minimum absolute atomic E-state index is 0.135. The smallest absolute Gasteiger partial charge is 0.0695 e. The molecule has 0 aliphatic heterocycles. The SMILES string of the molecule is CC(C)COCCN(C)C1CCCCC1O. The zero-order valence-corrected chi connectivity index (χ0v) is 11.0. The number of likely N-dealkylation sites (N-methyl/N-ethyl adjacent to an activating group) is 1. The molecule has 0 amide bonds. The molecule has 1 rings (SSSR count). The Morgan fingerprint density at radius 3 is 2.62 bits per heavy atom. The van der Waals surface area contributed by atoms with Gasteiger partial charge in [0.25, 0.3) is 0 Å². The number of hydrogen-bond acceptors (Lipinski definition) is 3. The van der Waals surface area contributed by atoms with E-state index in [0.717, 1.165) is 32.6 Å². The Bertz CT molecular complexity index is 185. The van der Waals surface area contributed by atoms with Crippen LogP contribution in [0.2, 0.25) is 0 Å². The zero-order valence-electron chi connectivity index (χ0n) is 11.0. The number of hydrogen-bond donors (Lipinski definition) is 1. The molecule has 16 heavy (non-hydrogen) atoms. The van der Waals surface area contributed by atoms with Crippen LogP contribution < -0.4 is 0 Å². The molecule has 1 fully saturated rings. The highest BCUT2D eigenvalue weighted by Crippen LogP contribution is 2.22. The van der Waals surface area contributed by atoms with Crippen molar-refractivity contribution >= 4 is 0 Å². The maximum Gasteiger partial charge on any atom is 0.0695 e. The second-order valence-electron chi connectivity index (χ2n) is 5.37. The van der Waals surface area contributed by atoms with Crippen LogP contribution >= 0.6 is 0 Å². The van der Waals surface area contributed by atoms with Gasteiger partial charge in [0.05, 0.1) is 12.7 Å². The van der Waals surface area contributed by atoms with Crippen LogP contribution in [-0.2, 0) is 4.74 Å². The third-order valence-corrected chi connectivity index (χ3v) is 3.30. The van der Waals surface area contributed by atoms with Crippen LogP contribution in [0.4, 0.5) is 0 Å². The van der Waals surface area contributed by atoms with Crippen LogP contribution in [-0.4, -0.2) is 49.0 Å². The van der Waals surface area contributed by atoms with Crippen LogP contribution in [0.3, 0.4) is 0 Å². The van der Waals surface area contributed by atoms with Gasteiger partial charge in [0.1, 0.15) is 0 Å². The fraction of sp³-hybridized carbons (Fsp3) is 1.00. The van der Waals surface area contributed by atoms with Gasteiger partial charge in [0, 0.05) is 19.2 Å². The third-order valence-electron chi connectivity index (χ3n) is 3.30. The second-order valence-corrected chi connectivity index (χ2v) is 5.37. The highest BCUT2D eigenvalue weighted by Gasteiger charge is 2.26. The first kappa shape index (κ1) is 13.9. The molecule has 0 aromatic heterocycles. The largest absolute Gasteiger partial charge is 0.391 e. The van der Waals surface area contributed by atoms with Crippen molar-refractivity contribution in [2.45, 2.75) is 51.7 Å². The van der Waals surface area contributed by atoms with Gasteiger partial charge in [-0.05, 0) is 25.8 Å². The molecule has 0 spiro atoms. The van der Waals surface area contributed by atoms with Gasteiger partial charge in [0.2, 0.25) is 0 Å². The molecule has 0 aromatic carbocycles. The summed E-state index contributed by atoms with van der Waals surface area (Å²) in [5.41, 5.74) is 0. The van der Waals surface area contributed by atoms with E-state index in [1.54, 1.807) is 0 Å². The fourth-order valence-electron chi connectivity index (χ4n) is 2.30. The molecular formula is C13H27NO2. The lowest BCUT2D eigenvalue weighted by molar-refractivity contribution is 0.0139. The van der Waals surface area contributed by atoms with Crippen LogP contribution in [0.15, 0.2) is 0 Å². The van der Waals surface area contributed by atoms with Gasteiger partial charge in [-0.2, -0.15) is 0 Å². The first-order chi connectivity index (χ1) is 7.61. The Morgan fingerprint density at radius 2 is 2.00 bits per heavy atom. The highest BCUT2D eigenvalue weighted by atomic mass is 16.5. The zero-order chi connectivity index (χ0) is 12.0. The molecule has 3 nitrogen and oxygen atoms in total. The van der Waals surface area contributed by atoms with Gasteiger partial charge in [-0.25, -0.2) is 0 Å². The lowest BCUT2D eigenvalue weighted by Crippen LogP contribution is -2.44. The van der Waals surface area contributed by atoms with Crippen molar-refractivity contribution in [3.8, 4) is 0 Å². The van der Waals surface area contributed by atoms with Gasteiger partial charge >= 0.3 is 0 Å². The van der Waals surface area contributed by atoms with Crippen molar-refractivity contribution in [2.24, 2.45) is 5.92 Å². The normalized spacial score (nSPS) is 26.6. The minimum atomic E-state index is -0.135. The summed E-state index contributed by atoms with van der Waals surface area (Å²) in [5, 5.41) is 9.90. The van der Waals surface area contributed by atoms with Crippen molar-refractivity contribution < 1.29 is 9.84 Å². The molecule has 1 saturated carbocycles.